The van der Waals surface area contributed by atoms with Crippen LogP contribution in [-0.4, -0.2) is 59.9 Å². The van der Waals surface area contributed by atoms with E-state index in [1.54, 1.807) is 61.7 Å². The van der Waals surface area contributed by atoms with Gasteiger partial charge in [-0.15, -0.1) is 0 Å². The predicted molar refractivity (Wildman–Crippen MR) is 143 cm³/mol. The summed E-state index contributed by atoms with van der Waals surface area (Å²) in [4.78, 5) is 23.1. The molecule has 2 heterocycles. The van der Waals surface area contributed by atoms with Crippen LogP contribution in [0, 0.1) is 0 Å². The highest BCUT2D eigenvalue weighted by atomic mass is 16.6. The molecule has 10 heteroatoms. The summed E-state index contributed by atoms with van der Waals surface area (Å²) in [6.07, 6.45) is 2.84. The van der Waals surface area contributed by atoms with Crippen LogP contribution in [0.3, 0.4) is 0 Å². The van der Waals surface area contributed by atoms with Crippen molar-refractivity contribution in [1.29, 1.82) is 0 Å². The number of aromatic nitrogens is 2. The molecule has 1 aliphatic heterocycles. The van der Waals surface area contributed by atoms with Crippen LogP contribution < -0.4 is 24.3 Å². The Kier molecular flexibility index (Phi) is 8.40. The lowest BCUT2D eigenvalue weighted by Gasteiger charge is -2.34. The number of anilines is 1. The highest BCUT2D eigenvalue weighted by molar-refractivity contribution is 5.68. The summed E-state index contributed by atoms with van der Waals surface area (Å²) in [7, 11) is 3.22. The van der Waals surface area contributed by atoms with Gasteiger partial charge in [0.2, 0.25) is 5.88 Å². The molecule has 2 aromatic carbocycles. The smallest absolute Gasteiger partial charge is 0.410 e. The first kappa shape index (κ1) is 26.8. The van der Waals surface area contributed by atoms with Crippen LogP contribution in [0.2, 0.25) is 0 Å². The van der Waals surface area contributed by atoms with Gasteiger partial charge in [-0.25, -0.2) is 9.78 Å². The lowest BCUT2D eigenvalue weighted by molar-refractivity contribution is 0.0210. The van der Waals surface area contributed by atoms with Gasteiger partial charge >= 0.3 is 12.1 Å². The van der Waals surface area contributed by atoms with E-state index in [1.165, 1.54) is 0 Å². The minimum Gasteiger partial charge on any atom is -0.497 e. The quantitative estimate of drug-likeness (QED) is 0.388. The van der Waals surface area contributed by atoms with Crippen molar-refractivity contribution in [3.63, 3.8) is 0 Å². The monoisotopic (exact) mass is 522 g/mol. The van der Waals surface area contributed by atoms with E-state index in [0.717, 1.165) is 24.3 Å². The molecule has 3 aromatic rings. The molecule has 202 valence electrons. The average Bonchev–Trinajstić information content (AvgIpc) is 2.90. The number of carbonyl (C=O) groups excluding carboxylic acids is 1. The van der Waals surface area contributed by atoms with Crippen molar-refractivity contribution in [3.8, 4) is 34.9 Å². The first-order valence-corrected chi connectivity index (χ1v) is 12.5. The molecular weight excluding hydrogens is 488 g/mol. The summed E-state index contributed by atoms with van der Waals surface area (Å²) in [6.45, 7) is 6.77. The van der Waals surface area contributed by atoms with E-state index in [-0.39, 0.29) is 18.1 Å². The number of methoxy groups -OCH3 is 2. The molecule has 0 spiro atoms. The van der Waals surface area contributed by atoms with E-state index >= 15 is 0 Å². The van der Waals surface area contributed by atoms with Crippen LogP contribution in [0.25, 0.3) is 0 Å². The molecular formula is C28H34N4O6. The number of rotatable bonds is 8. The van der Waals surface area contributed by atoms with Crippen LogP contribution in [0.15, 0.2) is 54.7 Å². The van der Waals surface area contributed by atoms with Gasteiger partial charge in [-0.1, -0.05) is 0 Å². The molecule has 10 nitrogen and oxygen atoms in total. The van der Waals surface area contributed by atoms with Crippen LogP contribution >= 0.6 is 0 Å². The maximum Gasteiger partial charge on any atom is 0.410 e. The molecule has 0 atom stereocenters. The Labute approximate surface area is 222 Å². The third-order valence-corrected chi connectivity index (χ3v) is 5.78. The molecule has 0 aliphatic carbocycles. The maximum atomic E-state index is 12.4. The Morgan fingerprint density at radius 1 is 0.868 bits per heavy atom. The Morgan fingerprint density at radius 3 is 1.92 bits per heavy atom. The van der Waals surface area contributed by atoms with Gasteiger partial charge in [0.1, 0.15) is 34.3 Å². The first-order chi connectivity index (χ1) is 18.2. The van der Waals surface area contributed by atoms with Crippen molar-refractivity contribution >= 4 is 11.8 Å². The SMILES string of the molecule is COc1ccc(Oc2ncc(NC3CCN(C(=O)OC(C)(C)C)CC3)c(Oc3ccc(OC)cc3)n2)cc1. The van der Waals surface area contributed by atoms with Gasteiger partial charge in [0.15, 0.2) is 0 Å². The number of nitrogens with zero attached hydrogens (tertiary/aromatic N) is 3. The molecule has 38 heavy (non-hydrogen) atoms. The molecule has 1 saturated heterocycles. The topological polar surface area (TPSA) is 104 Å². The van der Waals surface area contributed by atoms with Crippen molar-refractivity contribution < 1.29 is 28.5 Å². The van der Waals surface area contributed by atoms with E-state index in [2.05, 4.69) is 15.3 Å². The number of ether oxygens (including phenoxy) is 5. The summed E-state index contributed by atoms with van der Waals surface area (Å²) in [5, 5.41) is 3.48. The lowest BCUT2D eigenvalue weighted by Crippen LogP contribution is -2.44. The van der Waals surface area contributed by atoms with E-state index in [9.17, 15) is 4.79 Å². The number of carbonyl (C=O) groups is 1. The molecule has 0 radical (unpaired) electrons. The minimum absolute atomic E-state index is 0.101. The second-order valence-corrected chi connectivity index (χ2v) is 9.81. The molecule has 1 fully saturated rings. The summed E-state index contributed by atoms with van der Waals surface area (Å²) in [5.41, 5.74) is 0.103. The van der Waals surface area contributed by atoms with Crippen molar-refractivity contribution in [2.75, 3.05) is 32.6 Å². The largest absolute Gasteiger partial charge is 0.497 e. The summed E-state index contributed by atoms with van der Waals surface area (Å²) in [5.74, 6) is 2.92. The molecule has 0 unspecified atom stereocenters. The van der Waals surface area contributed by atoms with E-state index in [0.29, 0.717) is 36.2 Å². The number of hydrogen-bond acceptors (Lipinski definition) is 9. The zero-order valence-corrected chi connectivity index (χ0v) is 22.4. The van der Waals surface area contributed by atoms with Crippen LogP contribution in [0.1, 0.15) is 33.6 Å². The van der Waals surface area contributed by atoms with Crippen LogP contribution in [0.4, 0.5) is 10.5 Å². The summed E-state index contributed by atoms with van der Waals surface area (Å²) >= 11 is 0. The van der Waals surface area contributed by atoms with E-state index in [1.807, 2.05) is 32.9 Å². The summed E-state index contributed by atoms with van der Waals surface area (Å²) < 4.78 is 27.9. The number of piperidine rings is 1. The van der Waals surface area contributed by atoms with Crippen LogP contribution in [0.5, 0.6) is 34.9 Å². The fourth-order valence-electron chi connectivity index (χ4n) is 3.83. The molecule has 4 rings (SSSR count). The van der Waals surface area contributed by atoms with Gasteiger partial charge < -0.3 is 33.9 Å². The minimum atomic E-state index is -0.521. The molecule has 0 saturated carbocycles. The second-order valence-electron chi connectivity index (χ2n) is 9.81. The normalized spacial score (nSPS) is 14.0. The van der Waals surface area contributed by atoms with Crippen molar-refractivity contribution in [3.05, 3.63) is 54.7 Å². The molecule has 1 aliphatic rings. The van der Waals surface area contributed by atoms with Gasteiger partial charge in [-0.3, -0.25) is 0 Å². The van der Waals surface area contributed by atoms with Gasteiger partial charge in [0.25, 0.3) is 0 Å². The molecule has 1 amide bonds. The number of hydrogen-bond donors (Lipinski definition) is 1. The zero-order valence-electron chi connectivity index (χ0n) is 22.4. The molecule has 1 aromatic heterocycles. The fourth-order valence-corrected chi connectivity index (χ4v) is 3.83. The van der Waals surface area contributed by atoms with Gasteiger partial charge in [-0.2, -0.15) is 4.98 Å². The highest BCUT2D eigenvalue weighted by Gasteiger charge is 2.27. The van der Waals surface area contributed by atoms with Crippen molar-refractivity contribution in [1.82, 2.24) is 14.9 Å². The maximum absolute atomic E-state index is 12.4. The zero-order chi connectivity index (χ0) is 27.1. The Hall–Kier alpha value is -4.21. The van der Waals surface area contributed by atoms with Crippen molar-refractivity contribution in [2.24, 2.45) is 0 Å². The second kappa shape index (κ2) is 11.9. The number of nitrogens with one attached hydrogen (secondary N) is 1. The third kappa shape index (κ3) is 7.41. The molecule has 1 N–H and O–H groups in total. The third-order valence-electron chi connectivity index (χ3n) is 5.78. The van der Waals surface area contributed by atoms with Crippen LogP contribution in [-0.2, 0) is 4.74 Å². The highest BCUT2D eigenvalue weighted by Crippen LogP contribution is 2.32. The molecule has 0 bridgehead atoms. The fraction of sp³-hybridized carbons (Fsp3) is 0.393. The Bertz CT molecular complexity index is 1200. The predicted octanol–water partition coefficient (Wildman–Crippen LogP) is 5.89. The summed E-state index contributed by atoms with van der Waals surface area (Å²) in [6, 6.07) is 14.6. The van der Waals surface area contributed by atoms with Gasteiger partial charge in [0, 0.05) is 19.1 Å². The number of likely N-dealkylation sites (tertiary alicyclic amines) is 1. The van der Waals surface area contributed by atoms with E-state index in [4.69, 9.17) is 23.7 Å². The van der Waals surface area contributed by atoms with Gasteiger partial charge in [0.05, 0.1) is 20.4 Å². The first-order valence-electron chi connectivity index (χ1n) is 12.5. The van der Waals surface area contributed by atoms with Crippen molar-refractivity contribution in [2.45, 2.75) is 45.3 Å². The average molecular weight is 523 g/mol. The van der Waals surface area contributed by atoms with Gasteiger partial charge in [-0.05, 0) is 82.1 Å². The van der Waals surface area contributed by atoms with E-state index < -0.39 is 5.60 Å². The number of amides is 1. The Morgan fingerprint density at radius 2 is 1.39 bits per heavy atom. The Balaban J connectivity index is 1.48. The number of benzene rings is 2. The standard InChI is InChI=1S/C28H34N4O6/c1-28(2,3)38-27(33)32-16-14-19(15-17-32)30-24-18-29-26(37-23-12-8-21(35-5)9-13-23)31-25(24)36-22-10-6-20(34-4)7-11-22/h6-13,18-19,30H,14-17H2,1-5H3. The lowest BCUT2D eigenvalue weighted by atomic mass is 10.1.